The van der Waals surface area contributed by atoms with Crippen LogP contribution in [0.1, 0.15) is 60.4 Å². The van der Waals surface area contributed by atoms with Gasteiger partial charge in [0.2, 0.25) is 0 Å². The van der Waals surface area contributed by atoms with Crippen molar-refractivity contribution in [2.45, 2.75) is 71.3 Å². The van der Waals surface area contributed by atoms with Crippen LogP contribution in [-0.4, -0.2) is 38.0 Å². The highest BCUT2D eigenvalue weighted by atomic mass is 19.4. The maximum Gasteiger partial charge on any atom is 0.453 e. The van der Waals surface area contributed by atoms with Crippen LogP contribution < -0.4 is 4.74 Å². The van der Waals surface area contributed by atoms with Gasteiger partial charge in [-0.05, 0) is 63.8 Å². The Morgan fingerprint density at radius 2 is 1.69 bits per heavy atom. The first-order valence-electron chi connectivity index (χ1n) is 11.8. The zero-order chi connectivity index (χ0) is 29.5. The van der Waals surface area contributed by atoms with E-state index < -0.39 is 78.3 Å². The average Bonchev–Trinajstić information content (AvgIpc) is 3.13. The van der Waals surface area contributed by atoms with Crippen LogP contribution in [0.3, 0.4) is 0 Å². The maximum atomic E-state index is 14.1. The molecule has 39 heavy (non-hydrogen) atoms. The minimum Gasteiger partial charge on any atom is -0.485 e. The SMILES string of the molecule is Cc1cc(OCc2c(F)ccc(F)c2F)c2nc(C)c(C(=O)CC(CCC(F)(F)C(F)(F)F)C(C)(C)O)n2c1. The smallest absolute Gasteiger partial charge is 0.453 e. The van der Waals surface area contributed by atoms with Crippen molar-refractivity contribution >= 4 is 11.4 Å². The number of rotatable bonds is 10. The number of alkyl halides is 5. The monoisotopic (exact) mass is 566 g/mol. The highest BCUT2D eigenvalue weighted by Gasteiger charge is 2.57. The quantitative estimate of drug-likeness (QED) is 0.165. The van der Waals surface area contributed by atoms with Gasteiger partial charge in [-0.1, -0.05) is 0 Å². The first-order chi connectivity index (χ1) is 17.8. The second kappa shape index (κ2) is 10.7. The molecule has 214 valence electrons. The van der Waals surface area contributed by atoms with Crippen molar-refractivity contribution in [2.75, 3.05) is 0 Å². The Morgan fingerprint density at radius 1 is 1.08 bits per heavy atom. The van der Waals surface area contributed by atoms with E-state index in [4.69, 9.17) is 4.74 Å². The molecule has 0 aliphatic heterocycles. The van der Waals surface area contributed by atoms with Gasteiger partial charge in [0.15, 0.2) is 28.8 Å². The molecule has 5 nitrogen and oxygen atoms in total. The Morgan fingerprint density at radius 3 is 2.28 bits per heavy atom. The Bertz CT molecular complexity index is 1380. The van der Waals surface area contributed by atoms with Crippen molar-refractivity contribution in [3.8, 4) is 5.75 Å². The minimum absolute atomic E-state index is 0.0101. The largest absolute Gasteiger partial charge is 0.485 e. The Kier molecular flexibility index (Phi) is 8.35. The van der Waals surface area contributed by atoms with Crippen LogP contribution in [0, 0.1) is 37.2 Å². The number of carbonyl (C=O) groups is 1. The molecule has 2 aromatic heterocycles. The first-order valence-corrected chi connectivity index (χ1v) is 11.8. The van der Waals surface area contributed by atoms with Gasteiger partial charge in [0, 0.05) is 19.0 Å². The number of Topliss-reactive ketones (excluding diaryl/α,β-unsaturated/α-hetero) is 1. The van der Waals surface area contributed by atoms with E-state index in [1.54, 1.807) is 6.92 Å². The van der Waals surface area contributed by atoms with Gasteiger partial charge in [0.05, 0.1) is 16.9 Å². The number of fused-ring (bicyclic) bond motifs is 1. The summed E-state index contributed by atoms with van der Waals surface area (Å²) in [4.78, 5) is 17.5. The number of carbonyl (C=O) groups excluding carboxylic acids is 1. The summed E-state index contributed by atoms with van der Waals surface area (Å²) in [6.07, 6.45) is -7.28. The van der Waals surface area contributed by atoms with Gasteiger partial charge in [0.1, 0.15) is 18.1 Å². The van der Waals surface area contributed by atoms with E-state index in [9.17, 15) is 45.0 Å². The van der Waals surface area contributed by atoms with Gasteiger partial charge in [-0.25, -0.2) is 18.2 Å². The molecule has 1 aromatic carbocycles. The van der Waals surface area contributed by atoms with Crippen LogP contribution in [0.15, 0.2) is 24.4 Å². The average molecular weight is 566 g/mol. The van der Waals surface area contributed by atoms with Gasteiger partial charge in [-0.15, -0.1) is 0 Å². The predicted octanol–water partition coefficient (Wildman–Crippen LogP) is 6.89. The summed E-state index contributed by atoms with van der Waals surface area (Å²) < 4.78 is 113. The molecule has 0 saturated carbocycles. The van der Waals surface area contributed by atoms with E-state index in [-0.39, 0.29) is 22.8 Å². The fraction of sp³-hybridized carbons (Fsp3) is 0.462. The topological polar surface area (TPSA) is 63.8 Å². The summed E-state index contributed by atoms with van der Waals surface area (Å²) in [7, 11) is 0. The number of aromatic nitrogens is 2. The fourth-order valence-electron chi connectivity index (χ4n) is 4.17. The van der Waals surface area contributed by atoms with E-state index >= 15 is 0 Å². The van der Waals surface area contributed by atoms with E-state index in [0.29, 0.717) is 11.6 Å². The van der Waals surface area contributed by atoms with Gasteiger partial charge in [-0.2, -0.15) is 22.0 Å². The summed E-state index contributed by atoms with van der Waals surface area (Å²) in [5.74, 6) is -10.7. The van der Waals surface area contributed by atoms with E-state index in [0.717, 1.165) is 6.07 Å². The molecule has 1 atom stereocenters. The summed E-state index contributed by atoms with van der Waals surface area (Å²) in [6.45, 7) is 4.76. The molecule has 2 heterocycles. The number of imidazole rings is 1. The van der Waals surface area contributed by atoms with Crippen molar-refractivity contribution < 1.29 is 49.8 Å². The van der Waals surface area contributed by atoms with Gasteiger partial charge in [0.25, 0.3) is 0 Å². The third-order valence-electron chi connectivity index (χ3n) is 6.42. The molecule has 0 bridgehead atoms. The van der Waals surface area contributed by atoms with E-state index in [1.807, 2.05) is 0 Å². The standard InChI is InChI=1S/C26H26F8N2O3/c1-13-9-20(39-12-16-17(27)5-6-18(28)21(16)29)23-35-14(2)22(36(23)11-13)19(37)10-15(24(3,4)38)7-8-25(30,31)26(32,33)34/h5-6,9,11,15,38H,7-8,10,12H2,1-4H3. The lowest BCUT2D eigenvalue weighted by Crippen LogP contribution is -2.39. The molecule has 1 unspecified atom stereocenters. The normalized spacial score (nSPS) is 13.7. The highest BCUT2D eigenvalue weighted by Crippen LogP contribution is 2.41. The third kappa shape index (κ3) is 6.51. The second-order valence-corrected chi connectivity index (χ2v) is 9.95. The molecule has 0 saturated heterocycles. The van der Waals surface area contributed by atoms with Crippen LogP contribution in [0.25, 0.3) is 5.65 Å². The second-order valence-electron chi connectivity index (χ2n) is 9.95. The predicted molar refractivity (Wildman–Crippen MR) is 124 cm³/mol. The molecular weight excluding hydrogens is 540 g/mol. The minimum atomic E-state index is -5.77. The lowest BCUT2D eigenvalue weighted by Gasteiger charge is -2.30. The van der Waals surface area contributed by atoms with Gasteiger partial charge >= 0.3 is 12.1 Å². The number of hydrogen-bond acceptors (Lipinski definition) is 4. The van der Waals surface area contributed by atoms with Crippen molar-refractivity contribution in [1.82, 2.24) is 9.38 Å². The maximum absolute atomic E-state index is 14.1. The van der Waals surface area contributed by atoms with Crippen molar-refractivity contribution in [3.05, 3.63) is 64.4 Å². The Labute approximate surface area is 218 Å². The summed E-state index contributed by atoms with van der Waals surface area (Å²) in [5.41, 5.74) is -1.78. The molecule has 0 aliphatic carbocycles. The molecule has 13 heteroatoms. The van der Waals surface area contributed by atoms with Crippen LogP contribution in [-0.2, 0) is 6.61 Å². The molecular formula is C26H26F8N2O3. The van der Waals surface area contributed by atoms with Crippen LogP contribution >= 0.6 is 0 Å². The van der Waals surface area contributed by atoms with E-state index in [1.165, 1.54) is 37.4 Å². The van der Waals surface area contributed by atoms with Crippen molar-refractivity contribution in [1.29, 1.82) is 0 Å². The van der Waals surface area contributed by atoms with Crippen LogP contribution in [0.4, 0.5) is 35.1 Å². The van der Waals surface area contributed by atoms with Crippen molar-refractivity contribution in [2.24, 2.45) is 5.92 Å². The summed E-state index contributed by atoms with van der Waals surface area (Å²) >= 11 is 0. The zero-order valence-electron chi connectivity index (χ0n) is 21.4. The number of halogens is 8. The lowest BCUT2D eigenvalue weighted by molar-refractivity contribution is -0.285. The molecule has 0 aliphatic rings. The molecule has 3 rings (SSSR count). The number of ether oxygens (including phenoxy) is 1. The van der Waals surface area contributed by atoms with Gasteiger partial charge in [-0.3, -0.25) is 9.20 Å². The van der Waals surface area contributed by atoms with Gasteiger partial charge < -0.3 is 9.84 Å². The third-order valence-corrected chi connectivity index (χ3v) is 6.42. The molecule has 3 aromatic rings. The van der Waals surface area contributed by atoms with Crippen molar-refractivity contribution in [3.63, 3.8) is 0 Å². The number of ketones is 1. The van der Waals surface area contributed by atoms with E-state index in [2.05, 4.69) is 4.98 Å². The number of aliphatic hydroxyl groups is 1. The zero-order valence-corrected chi connectivity index (χ0v) is 21.4. The number of aryl methyl sites for hydroxylation is 2. The first kappa shape index (κ1) is 30.3. The Balaban J connectivity index is 1.92. The number of hydrogen-bond donors (Lipinski definition) is 1. The molecule has 1 N–H and O–H groups in total. The number of pyridine rings is 1. The Hall–Kier alpha value is -3.22. The fourth-order valence-corrected chi connectivity index (χ4v) is 4.17. The highest BCUT2D eigenvalue weighted by molar-refractivity contribution is 5.97. The summed E-state index contributed by atoms with van der Waals surface area (Å²) in [5, 5.41) is 10.4. The number of benzene rings is 1. The number of nitrogens with zero attached hydrogens (tertiary/aromatic N) is 2. The molecule has 0 fully saturated rings. The molecule has 0 amide bonds. The molecule has 0 spiro atoms. The summed E-state index contributed by atoms with van der Waals surface area (Å²) in [6, 6.07) is 2.83. The lowest BCUT2D eigenvalue weighted by atomic mass is 9.82. The molecule has 0 radical (unpaired) electrons. The van der Waals surface area contributed by atoms with Crippen LogP contribution in [0.5, 0.6) is 5.75 Å². The van der Waals surface area contributed by atoms with Crippen LogP contribution in [0.2, 0.25) is 0 Å².